The van der Waals surface area contributed by atoms with E-state index in [9.17, 15) is 22.7 Å². The van der Waals surface area contributed by atoms with Gasteiger partial charge in [-0.2, -0.15) is 18.3 Å². The van der Waals surface area contributed by atoms with Gasteiger partial charge in [-0.15, -0.1) is 0 Å². The van der Waals surface area contributed by atoms with Crippen molar-refractivity contribution in [1.82, 2.24) is 9.78 Å². The summed E-state index contributed by atoms with van der Waals surface area (Å²) in [4.78, 5) is 0. The molecule has 1 aromatic heterocycles. The molecular formula is C28H29F4N3O3. The summed E-state index contributed by atoms with van der Waals surface area (Å²) in [5, 5.41) is 18.8. The Hall–Kier alpha value is -3.79. The van der Waals surface area contributed by atoms with E-state index < -0.39 is 36.0 Å². The number of methoxy groups -OCH3 is 2. The van der Waals surface area contributed by atoms with Crippen LogP contribution in [0, 0.1) is 5.82 Å². The summed E-state index contributed by atoms with van der Waals surface area (Å²) in [5.74, 6) is 0.311. The Morgan fingerprint density at radius 3 is 2.32 bits per heavy atom. The van der Waals surface area contributed by atoms with Crippen LogP contribution < -0.4 is 14.8 Å². The lowest BCUT2D eigenvalue weighted by atomic mass is 9.74. The third kappa shape index (κ3) is 5.26. The minimum Gasteiger partial charge on any atom is -0.497 e. The molecule has 3 aromatic carbocycles. The third-order valence-corrected chi connectivity index (χ3v) is 6.65. The predicted octanol–water partition coefficient (Wildman–Crippen LogP) is 6.26. The third-order valence-electron chi connectivity index (χ3n) is 6.65. The number of rotatable bonds is 9. The highest BCUT2D eigenvalue weighted by Crippen LogP contribution is 2.44. The lowest BCUT2D eigenvalue weighted by molar-refractivity contribution is -0.260. The van der Waals surface area contributed by atoms with Crippen LogP contribution in [-0.4, -0.2) is 47.4 Å². The van der Waals surface area contributed by atoms with Gasteiger partial charge in [-0.25, -0.2) is 9.07 Å². The Bertz CT molecular complexity index is 1420. The lowest BCUT2D eigenvalue weighted by Gasteiger charge is -2.38. The van der Waals surface area contributed by atoms with Gasteiger partial charge in [0.1, 0.15) is 17.3 Å². The maximum atomic E-state index is 14.3. The first-order valence-electron chi connectivity index (χ1n) is 11.9. The highest BCUT2D eigenvalue weighted by Gasteiger charge is 2.56. The Morgan fingerprint density at radius 1 is 0.974 bits per heavy atom. The molecule has 0 bridgehead atoms. The number of nitrogens with one attached hydrogen (secondary N) is 1. The van der Waals surface area contributed by atoms with Crippen LogP contribution in [0.5, 0.6) is 11.5 Å². The molecule has 1 unspecified atom stereocenters. The number of aromatic nitrogens is 2. The number of ether oxygens (including phenoxy) is 2. The fourth-order valence-electron chi connectivity index (χ4n) is 4.67. The normalized spacial score (nSPS) is 13.8. The summed E-state index contributed by atoms with van der Waals surface area (Å²) in [6, 6.07) is 16.0. The zero-order chi connectivity index (χ0) is 27.7. The molecule has 0 saturated heterocycles. The fourth-order valence-corrected chi connectivity index (χ4v) is 4.67. The molecule has 1 atom stereocenters. The van der Waals surface area contributed by atoms with Gasteiger partial charge in [-0.1, -0.05) is 19.9 Å². The van der Waals surface area contributed by atoms with Crippen LogP contribution >= 0.6 is 0 Å². The first kappa shape index (κ1) is 27.3. The van der Waals surface area contributed by atoms with Gasteiger partial charge in [0, 0.05) is 16.6 Å². The first-order valence-corrected chi connectivity index (χ1v) is 11.9. The average Bonchev–Trinajstić information content (AvgIpc) is 3.31. The van der Waals surface area contributed by atoms with E-state index >= 15 is 0 Å². The van der Waals surface area contributed by atoms with Crippen molar-refractivity contribution in [2.24, 2.45) is 0 Å². The zero-order valence-corrected chi connectivity index (χ0v) is 21.4. The molecule has 0 fully saturated rings. The second-order valence-corrected chi connectivity index (χ2v) is 9.78. The second-order valence-electron chi connectivity index (χ2n) is 9.78. The predicted molar refractivity (Wildman–Crippen MR) is 138 cm³/mol. The van der Waals surface area contributed by atoms with Gasteiger partial charge in [0.25, 0.3) is 0 Å². The summed E-state index contributed by atoms with van der Waals surface area (Å²) in [5.41, 5.74) is -2.40. The van der Waals surface area contributed by atoms with Gasteiger partial charge in [-0.3, -0.25) is 0 Å². The van der Waals surface area contributed by atoms with Gasteiger partial charge < -0.3 is 19.9 Å². The Labute approximate surface area is 217 Å². The molecule has 0 spiro atoms. The van der Waals surface area contributed by atoms with Crippen molar-refractivity contribution < 1.29 is 32.1 Å². The highest BCUT2D eigenvalue weighted by atomic mass is 19.4. The van der Waals surface area contributed by atoms with E-state index in [1.165, 1.54) is 33.1 Å². The number of hydrogen-bond donors (Lipinski definition) is 2. The van der Waals surface area contributed by atoms with Gasteiger partial charge in [-0.05, 0) is 66.4 Å². The van der Waals surface area contributed by atoms with Crippen LogP contribution in [0.1, 0.15) is 25.8 Å². The summed E-state index contributed by atoms with van der Waals surface area (Å²) in [6.07, 6.45) is -4.16. The smallest absolute Gasteiger partial charge is 0.418 e. The van der Waals surface area contributed by atoms with Crippen molar-refractivity contribution in [2.45, 2.75) is 37.5 Å². The molecule has 6 nitrogen and oxygen atoms in total. The maximum Gasteiger partial charge on any atom is 0.418 e. The number of nitrogens with zero attached hydrogens (tertiary/aromatic N) is 2. The minimum atomic E-state index is -4.97. The zero-order valence-electron chi connectivity index (χ0n) is 21.4. The van der Waals surface area contributed by atoms with Crippen molar-refractivity contribution in [2.75, 3.05) is 26.1 Å². The maximum absolute atomic E-state index is 14.3. The van der Waals surface area contributed by atoms with E-state index in [1.807, 2.05) is 12.1 Å². The monoisotopic (exact) mass is 531 g/mol. The van der Waals surface area contributed by atoms with E-state index in [-0.39, 0.29) is 11.3 Å². The number of anilines is 1. The number of fused-ring (bicyclic) bond motifs is 1. The molecule has 10 heteroatoms. The topological polar surface area (TPSA) is 68.5 Å². The summed E-state index contributed by atoms with van der Waals surface area (Å²) < 4.78 is 69.0. The Balaban J connectivity index is 1.63. The SMILES string of the molecule is COc1ccc(-n2ncc3c(NCC(O)(CC(C)(C)c4cc(F)ccc4OC)C(F)(F)F)cccc32)cc1. The quantitative estimate of drug-likeness (QED) is 0.250. The van der Waals surface area contributed by atoms with Crippen molar-refractivity contribution >= 4 is 16.6 Å². The van der Waals surface area contributed by atoms with Gasteiger partial charge in [0.05, 0.1) is 38.2 Å². The largest absolute Gasteiger partial charge is 0.497 e. The van der Waals surface area contributed by atoms with Crippen LogP contribution in [0.25, 0.3) is 16.6 Å². The number of hydrogen-bond acceptors (Lipinski definition) is 5. The second kappa shape index (κ2) is 10.2. The van der Waals surface area contributed by atoms with Crippen LogP contribution in [0.3, 0.4) is 0 Å². The molecular weight excluding hydrogens is 502 g/mol. The van der Waals surface area contributed by atoms with Gasteiger partial charge >= 0.3 is 6.18 Å². The Kier molecular flexibility index (Phi) is 7.29. The summed E-state index contributed by atoms with van der Waals surface area (Å²) >= 11 is 0. The summed E-state index contributed by atoms with van der Waals surface area (Å²) in [6.45, 7) is 2.20. The molecule has 0 aliphatic carbocycles. The van der Waals surface area contributed by atoms with Crippen LogP contribution in [0.4, 0.5) is 23.2 Å². The van der Waals surface area contributed by atoms with E-state index in [0.29, 0.717) is 22.3 Å². The van der Waals surface area contributed by atoms with Gasteiger partial charge in [0.15, 0.2) is 5.60 Å². The molecule has 0 amide bonds. The van der Waals surface area contributed by atoms with Crippen molar-refractivity contribution in [1.29, 1.82) is 0 Å². The number of benzene rings is 3. The summed E-state index contributed by atoms with van der Waals surface area (Å²) in [7, 11) is 2.92. The number of halogens is 4. The molecule has 4 rings (SSSR count). The molecule has 0 saturated carbocycles. The van der Waals surface area contributed by atoms with Crippen LogP contribution in [0.2, 0.25) is 0 Å². The van der Waals surface area contributed by atoms with Crippen molar-refractivity contribution in [3.05, 3.63) is 78.2 Å². The number of alkyl halides is 3. The molecule has 1 heterocycles. The standard InChI is InChI=1S/C28H29F4N3O3/c1-26(2,22-14-18(29)8-13-25(22)38-4)16-27(36,28(30,31)32)17-33-23-6-5-7-24-21(23)15-34-35(24)19-9-11-20(37-3)12-10-19/h5-15,33,36H,16-17H2,1-4H3. The molecule has 202 valence electrons. The highest BCUT2D eigenvalue weighted by molar-refractivity contribution is 5.92. The average molecular weight is 532 g/mol. The Morgan fingerprint density at radius 2 is 1.68 bits per heavy atom. The fraction of sp³-hybridized carbons (Fsp3) is 0.321. The van der Waals surface area contributed by atoms with Crippen LogP contribution in [0.15, 0.2) is 66.9 Å². The van der Waals surface area contributed by atoms with E-state index in [4.69, 9.17) is 9.47 Å². The molecule has 4 aromatic rings. The van der Waals surface area contributed by atoms with Crippen LogP contribution in [-0.2, 0) is 5.41 Å². The molecule has 38 heavy (non-hydrogen) atoms. The van der Waals surface area contributed by atoms with Gasteiger partial charge in [0.2, 0.25) is 0 Å². The molecule has 0 aliphatic rings. The van der Waals surface area contributed by atoms with Crippen molar-refractivity contribution in [3.63, 3.8) is 0 Å². The molecule has 0 radical (unpaired) electrons. The molecule has 2 N–H and O–H groups in total. The number of aliphatic hydroxyl groups is 1. The molecule has 0 aliphatic heterocycles. The minimum absolute atomic E-state index is 0.227. The lowest BCUT2D eigenvalue weighted by Crippen LogP contribution is -2.53. The van der Waals surface area contributed by atoms with E-state index in [1.54, 1.807) is 48.3 Å². The van der Waals surface area contributed by atoms with Crippen molar-refractivity contribution in [3.8, 4) is 17.2 Å². The van der Waals surface area contributed by atoms with E-state index in [0.717, 1.165) is 11.8 Å². The first-order chi connectivity index (χ1) is 17.9. The van der Waals surface area contributed by atoms with E-state index in [2.05, 4.69) is 10.4 Å².